The van der Waals surface area contributed by atoms with Gasteiger partial charge >= 0.3 is 5.97 Å². The second kappa shape index (κ2) is 14.4. The molecule has 2 aromatic rings. The summed E-state index contributed by atoms with van der Waals surface area (Å²) in [4.78, 5) is 66.6. The predicted octanol–water partition coefficient (Wildman–Crippen LogP) is 1.54. The van der Waals surface area contributed by atoms with Crippen molar-refractivity contribution in [1.29, 1.82) is 0 Å². The molecule has 1 unspecified atom stereocenters. The number of allylic oxidation sites excluding steroid dienone is 1. The summed E-state index contributed by atoms with van der Waals surface area (Å²) in [6.45, 7) is 5.35. The van der Waals surface area contributed by atoms with Crippen molar-refractivity contribution in [2.75, 3.05) is 0 Å². The highest BCUT2D eigenvalue weighted by Gasteiger charge is 2.44. The predicted molar refractivity (Wildman–Crippen MR) is 168 cm³/mol. The Hall–Kier alpha value is -4.59. The molecule has 2 aliphatic heterocycles. The van der Waals surface area contributed by atoms with Gasteiger partial charge in [0.1, 0.15) is 29.7 Å². The van der Waals surface area contributed by atoms with Crippen LogP contribution in [0.2, 0.25) is 0 Å². The van der Waals surface area contributed by atoms with Gasteiger partial charge in [0.25, 0.3) is 0 Å². The molecule has 6 atom stereocenters. The van der Waals surface area contributed by atoms with Crippen LogP contribution in [0.1, 0.15) is 89.1 Å². The van der Waals surface area contributed by atoms with E-state index in [0.29, 0.717) is 19.3 Å². The smallest absolute Gasteiger partial charge is 0.305 e. The van der Waals surface area contributed by atoms with Crippen LogP contribution in [-0.2, 0) is 35.9 Å². The molecule has 0 saturated heterocycles. The van der Waals surface area contributed by atoms with Gasteiger partial charge in [-0.1, -0.05) is 55.8 Å². The van der Waals surface area contributed by atoms with Crippen LogP contribution in [-0.4, -0.2) is 69.1 Å². The molecule has 1 aromatic heterocycles. The lowest BCUT2D eigenvalue weighted by Gasteiger charge is -2.34. The van der Waals surface area contributed by atoms with E-state index in [4.69, 9.17) is 4.42 Å². The summed E-state index contributed by atoms with van der Waals surface area (Å²) in [5.74, 6) is -3.48. The quantitative estimate of drug-likeness (QED) is 0.249. The van der Waals surface area contributed by atoms with Gasteiger partial charge in [-0.05, 0) is 56.9 Å². The van der Waals surface area contributed by atoms with E-state index < -0.39 is 65.9 Å². The molecule has 6 N–H and O–H groups in total. The Labute approximate surface area is 272 Å². The summed E-state index contributed by atoms with van der Waals surface area (Å²) in [5, 5.41) is 32.5. The number of aromatic nitrogens is 2. The van der Waals surface area contributed by atoms with Gasteiger partial charge in [-0.15, -0.1) is 10.2 Å². The average molecular weight is 650 g/mol. The number of benzene rings is 1. The van der Waals surface area contributed by atoms with Crippen molar-refractivity contribution in [3.8, 4) is 0 Å². The molecule has 3 aliphatic rings. The monoisotopic (exact) mass is 649 g/mol. The first-order valence-corrected chi connectivity index (χ1v) is 16.2. The number of carboxylic acids is 1. The van der Waals surface area contributed by atoms with E-state index in [1.165, 1.54) is 0 Å². The van der Waals surface area contributed by atoms with Crippen LogP contribution < -0.4 is 26.6 Å². The fraction of sp³-hybridized carbons (Fsp3) is 0.545. The fourth-order valence-corrected chi connectivity index (χ4v) is 6.47. The summed E-state index contributed by atoms with van der Waals surface area (Å²) in [7, 11) is 0. The second-order valence-corrected chi connectivity index (χ2v) is 13.1. The number of amides is 4. The summed E-state index contributed by atoms with van der Waals surface area (Å²) in [6, 6.07) is 4.08. The number of hydrogen-bond acceptors (Lipinski definition) is 9. The molecule has 47 heavy (non-hydrogen) atoms. The molecule has 14 nitrogen and oxygen atoms in total. The Morgan fingerprint density at radius 2 is 1.62 bits per heavy atom. The molecule has 252 valence electrons. The molecule has 0 radical (unpaired) electrons. The third-order valence-electron chi connectivity index (χ3n) is 8.84. The molecule has 1 spiro atoms. The number of aliphatic carboxylic acids is 1. The second-order valence-electron chi connectivity index (χ2n) is 13.1. The highest BCUT2D eigenvalue weighted by Crippen LogP contribution is 2.39. The third kappa shape index (κ3) is 8.23. The Kier molecular flexibility index (Phi) is 10.4. The number of carbonyl (C=O) groups excluding carboxylic acids is 4. The average Bonchev–Trinajstić information content (AvgIpc) is 3.49. The number of carboxylic acid groups (broad SMARTS) is 1. The van der Waals surface area contributed by atoms with E-state index >= 15 is 0 Å². The van der Waals surface area contributed by atoms with Gasteiger partial charge in [0.15, 0.2) is 0 Å². The van der Waals surface area contributed by atoms with E-state index in [9.17, 15) is 29.1 Å². The Balaban J connectivity index is 1.55. The minimum atomic E-state index is -1.46. The fourth-order valence-electron chi connectivity index (χ4n) is 6.47. The largest absolute Gasteiger partial charge is 0.481 e. The first-order valence-electron chi connectivity index (χ1n) is 16.2. The van der Waals surface area contributed by atoms with Crippen LogP contribution in [0.15, 0.2) is 46.4 Å². The SMILES string of the molecule is CC(C)C[C@@H]1NC(=O)[C@H](Cc2ccccc2)NC(=O)[C@@H]2CCC3=CC(CCC3)(N2)c2nnc(o2)[C@H](C)NC(=O)[C@H](CC(=O)O)NC1=O. The van der Waals surface area contributed by atoms with Crippen molar-refractivity contribution >= 4 is 29.6 Å². The van der Waals surface area contributed by atoms with Crippen molar-refractivity contribution in [2.45, 2.75) is 108 Å². The summed E-state index contributed by atoms with van der Waals surface area (Å²) in [6.07, 6.45) is 5.13. The Morgan fingerprint density at radius 3 is 2.34 bits per heavy atom. The maximum atomic E-state index is 14.0. The Bertz CT molecular complexity index is 1520. The van der Waals surface area contributed by atoms with Gasteiger partial charge in [0.05, 0.1) is 12.5 Å². The molecule has 4 amide bonds. The highest BCUT2D eigenvalue weighted by molar-refractivity contribution is 5.96. The number of hydrogen-bond donors (Lipinski definition) is 6. The number of rotatable bonds is 6. The standard InChI is InChI=1S/C33H43N7O7/c1-18(2)14-23-29(45)37-25(16-26(41)42)28(44)34-19(3)31-39-40-32(47-31)33-13-7-10-21(17-33)11-12-22(38-33)27(43)36-24(30(46)35-23)15-20-8-5-4-6-9-20/h4-6,8-9,17-19,22-25,38H,7,10-16H2,1-3H3,(H,34,44)(H,35,46)(H,36,43)(H,37,45)(H,41,42)/t19-,22-,23-,24-,25-,33?/m0/s1. The van der Waals surface area contributed by atoms with Crippen LogP contribution in [0.4, 0.5) is 0 Å². The lowest BCUT2D eigenvalue weighted by molar-refractivity contribution is -0.141. The van der Waals surface area contributed by atoms with E-state index in [0.717, 1.165) is 24.0 Å². The van der Waals surface area contributed by atoms with Gasteiger partial charge in [-0.3, -0.25) is 29.3 Å². The van der Waals surface area contributed by atoms with E-state index in [-0.39, 0.29) is 36.4 Å². The van der Waals surface area contributed by atoms with Gasteiger partial charge in [-0.25, -0.2) is 0 Å². The zero-order chi connectivity index (χ0) is 33.7. The van der Waals surface area contributed by atoms with Gasteiger partial charge in [0.2, 0.25) is 35.4 Å². The van der Waals surface area contributed by atoms with Crippen LogP contribution in [0.25, 0.3) is 0 Å². The minimum absolute atomic E-state index is 0.0518. The van der Waals surface area contributed by atoms with Crippen molar-refractivity contribution in [3.63, 3.8) is 0 Å². The molecule has 0 saturated carbocycles. The zero-order valence-corrected chi connectivity index (χ0v) is 26.9. The molecular weight excluding hydrogens is 606 g/mol. The number of nitrogens with zero attached hydrogens (tertiary/aromatic N) is 2. The van der Waals surface area contributed by atoms with Gasteiger partial charge < -0.3 is 30.8 Å². The maximum Gasteiger partial charge on any atom is 0.305 e. The van der Waals surface area contributed by atoms with E-state index in [2.05, 4.69) is 36.8 Å². The summed E-state index contributed by atoms with van der Waals surface area (Å²) >= 11 is 0. The normalized spacial score (nSPS) is 28.9. The lowest BCUT2D eigenvalue weighted by Crippen LogP contribution is -2.60. The van der Waals surface area contributed by atoms with Crippen molar-refractivity contribution in [3.05, 3.63) is 59.3 Å². The maximum absolute atomic E-state index is 14.0. The van der Waals surface area contributed by atoms with Crippen LogP contribution in [0.3, 0.4) is 0 Å². The highest BCUT2D eigenvalue weighted by atomic mass is 16.4. The molecule has 3 heterocycles. The van der Waals surface area contributed by atoms with E-state index in [1.807, 2.05) is 50.3 Å². The van der Waals surface area contributed by atoms with Crippen molar-refractivity contribution in [1.82, 2.24) is 36.8 Å². The van der Waals surface area contributed by atoms with Crippen LogP contribution in [0.5, 0.6) is 0 Å². The lowest BCUT2D eigenvalue weighted by atomic mass is 9.83. The molecule has 1 aromatic carbocycles. The first kappa shape index (κ1) is 33.8. The molecule has 0 fully saturated rings. The number of nitrogens with one attached hydrogen (secondary N) is 5. The Morgan fingerprint density at radius 1 is 0.936 bits per heavy atom. The number of carbonyl (C=O) groups is 5. The molecule has 14 heteroatoms. The number of fused-ring (bicyclic) bond motifs is 3. The first-order chi connectivity index (χ1) is 22.4. The van der Waals surface area contributed by atoms with Crippen LogP contribution in [0, 0.1) is 5.92 Å². The van der Waals surface area contributed by atoms with Gasteiger partial charge in [-0.2, -0.15) is 0 Å². The molecular formula is C33H43N7O7. The van der Waals surface area contributed by atoms with Crippen molar-refractivity contribution < 1.29 is 33.5 Å². The molecule has 5 bridgehead atoms. The summed E-state index contributed by atoms with van der Waals surface area (Å²) in [5.41, 5.74) is 1.02. The van der Waals surface area contributed by atoms with Gasteiger partial charge in [0, 0.05) is 6.42 Å². The summed E-state index contributed by atoms with van der Waals surface area (Å²) < 4.78 is 6.11. The van der Waals surface area contributed by atoms with Crippen molar-refractivity contribution in [2.24, 2.45) is 5.92 Å². The van der Waals surface area contributed by atoms with Crippen LogP contribution >= 0.6 is 0 Å². The van der Waals surface area contributed by atoms with E-state index in [1.54, 1.807) is 6.92 Å². The third-order valence-corrected chi connectivity index (χ3v) is 8.84. The zero-order valence-electron chi connectivity index (χ0n) is 26.9. The molecule has 5 rings (SSSR count). The topological polar surface area (TPSA) is 205 Å². The minimum Gasteiger partial charge on any atom is -0.481 e. The molecule has 1 aliphatic carbocycles.